The van der Waals surface area contributed by atoms with Crippen LogP contribution >= 0.6 is 0 Å². The van der Waals surface area contributed by atoms with Crippen LogP contribution in [0.1, 0.15) is 10.4 Å². The van der Waals surface area contributed by atoms with E-state index in [0.29, 0.717) is 18.9 Å². The number of halogens is 1. The first-order valence-corrected chi connectivity index (χ1v) is 11.8. The lowest BCUT2D eigenvalue weighted by Gasteiger charge is -2.26. The number of carbonyl (C=O) groups excluding carboxylic acids is 3. The van der Waals surface area contributed by atoms with E-state index in [1.165, 1.54) is 59.9 Å². The van der Waals surface area contributed by atoms with Gasteiger partial charge in [-0.25, -0.2) is 17.6 Å². The summed E-state index contributed by atoms with van der Waals surface area (Å²) >= 11 is 0. The maximum atomic E-state index is 12.9. The zero-order chi connectivity index (χ0) is 24.7. The molecule has 3 rings (SSSR count). The highest BCUT2D eigenvalue weighted by molar-refractivity contribution is 7.89. The third-order valence-electron chi connectivity index (χ3n) is 4.96. The monoisotopic (exact) mass is 493 g/mol. The number of esters is 1. The Bertz CT molecular complexity index is 1130. The van der Waals surface area contributed by atoms with Gasteiger partial charge < -0.3 is 19.7 Å². The van der Waals surface area contributed by atoms with Crippen LogP contribution < -0.4 is 5.32 Å². The van der Waals surface area contributed by atoms with Gasteiger partial charge in [0.25, 0.3) is 5.91 Å². The van der Waals surface area contributed by atoms with Crippen molar-refractivity contribution in [3.05, 3.63) is 59.9 Å². The Morgan fingerprint density at radius 3 is 2.29 bits per heavy atom. The summed E-state index contributed by atoms with van der Waals surface area (Å²) < 4.78 is 49.6. The summed E-state index contributed by atoms with van der Waals surface area (Å²) in [7, 11) is -2.33. The molecule has 10 nitrogen and oxygen atoms in total. The van der Waals surface area contributed by atoms with Gasteiger partial charge in [0.05, 0.1) is 30.2 Å². The molecule has 0 aromatic heterocycles. The predicted octanol–water partition coefficient (Wildman–Crippen LogP) is 1.10. The van der Waals surface area contributed by atoms with Crippen molar-refractivity contribution in [1.29, 1.82) is 0 Å². The molecule has 0 aliphatic carbocycles. The van der Waals surface area contributed by atoms with E-state index in [2.05, 4.69) is 5.32 Å². The smallest absolute Gasteiger partial charge is 0.338 e. The van der Waals surface area contributed by atoms with Gasteiger partial charge in [0.15, 0.2) is 6.61 Å². The average Bonchev–Trinajstić information content (AvgIpc) is 2.84. The molecule has 1 saturated heterocycles. The molecule has 2 amide bonds. The number of hydrogen-bond donors (Lipinski definition) is 1. The molecule has 0 spiro atoms. The quantitative estimate of drug-likeness (QED) is 0.547. The summed E-state index contributed by atoms with van der Waals surface area (Å²) in [5.74, 6) is -2.38. The van der Waals surface area contributed by atoms with Crippen LogP contribution in [-0.2, 0) is 29.1 Å². The van der Waals surface area contributed by atoms with Crippen LogP contribution in [0.25, 0.3) is 0 Å². The minimum atomic E-state index is -3.69. The largest absolute Gasteiger partial charge is 0.452 e. The van der Waals surface area contributed by atoms with Gasteiger partial charge >= 0.3 is 5.97 Å². The van der Waals surface area contributed by atoms with Gasteiger partial charge in [-0.15, -0.1) is 0 Å². The van der Waals surface area contributed by atoms with E-state index in [-0.39, 0.29) is 30.1 Å². The minimum absolute atomic E-state index is 0.0360. The molecule has 1 fully saturated rings. The van der Waals surface area contributed by atoms with Crippen molar-refractivity contribution in [3.8, 4) is 0 Å². The second-order valence-electron chi connectivity index (χ2n) is 7.42. The summed E-state index contributed by atoms with van der Waals surface area (Å²) in [6.45, 7) is 0.238. The SMILES string of the molecule is CN(CC(=O)Nc1ccc(F)cc1)C(=O)COC(=O)c1ccc(S(=O)(=O)N2CCOCC2)cc1. The Balaban J connectivity index is 1.49. The summed E-state index contributed by atoms with van der Waals surface area (Å²) in [5.41, 5.74) is 0.447. The number of likely N-dealkylation sites (N-methyl/N-ethyl adjacent to an activating group) is 1. The lowest BCUT2D eigenvalue weighted by atomic mass is 10.2. The maximum Gasteiger partial charge on any atom is 0.338 e. The Morgan fingerprint density at radius 2 is 1.68 bits per heavy atom. The van der Waals surface area contributed by atoms with Crippen molar-refractivity contribution in [2.24, 2.45) is 0 Å². The number of benzene rings is 2. The third-order valence-corrected chi connectivity index (χ3v) is 6.87. The van der Waals surface area contributed by atoms with Crippen molar-refractivity contribution >= 4 is 33.5 Å². The molecule has 0 bridgehead atoms. The van der Waals surface area contributed by atoms with Crippen LogP contribution in [0.15, 0.2) is 53.4 Å². The van der Waals surface area contributed by atoms with Crippen LogP contribution in [0.2, 0.25) is 0 Å². The molecule has 34 heavy (non-hydrogen) atoms. The molecule has 2 aromatic carbocycles. The number of nitrogens with zero attached hydrogens (tertiary/aromatic N) is 2. The molecule has 0 radical (unpaired) electrons. The van der Waals surface area contributed by atoms with Gasteiger partial charge in [-0.05, 0) is 48.5 Å². The van der Waals surface area contributed by atoms with Crippen molar-refractivity contribution in [2.75, 3.05) is 51.8 Å². The van der Waals surface area contributed by atoms with E-state index in [0.717, 1.165) is 4.90 Å². The zero-order valence-corrected chi connectivity index (χ0v) is 19.2. The number of rotatable bonds is 8. The lowest BCUT2D eigenvalue weighted by molar-refractivity contribution is -0.136. The standard InChI is InChI=1S/C22H24FN3O7S/c1-25(14-20(27)24-18-6-4-17(23)5-7-18)21(28)15-33-22(29)16-2-8-19(9-3-16)34(30,31)26-10-12-32-13-11-26/h2-9H,10-15H2,1H3,(H,24,27). The number of amides is 2. The van der Waals surface area contributed by atoms with Gasteiger partial charge in [-0.2, -0.15) is 4.31 Å². The molecule has 12 heteroatoms. The highest BCUT2D eigenvalue weighted by Gasteiger charge is 2.26. The van der Waals surface area contributed by atoms with E-state index < -0.39 is 40.2 Å². The number of sulfonamides is 1. The Labute approximate surface area is 196 Å². The van der Waals surface area contributed by atoms with Crippen LogP contribution in [0.3, 0.4) is 0 Å². The number of morpholine rings is 1. The van der Waals surface area contributed by atoms with E-state index in [1.54, 1.807) is 0 Å². The number of anilines is 1. The van der Waals surface area contributed by atoms with Crippen molar-refractivity contribution in [2.45, 2.75) is 4.90 Å². The molecule has 1 aliphatic heterocycles. The van der Waals surface area contributed by atoms with E-state index in [9.17, 15) is 27.2 Å². The molecular formula is C22H24FN3O7S. The van der Waals surface area contributed by atoms with Gasteiger partial charge in [0, 0.05) is 25.8 Å². The summed E-state index contributed by atoms with van der Waals surface area (Å²) in [4.78, 5) is 37.6. The third kappa shape index (κ3) is 6.59. The van der Waals surface area contributed by atoms with Crippen LogP contribution in [0.5, 0.6) is 0 Å². The Kier molecular flexibility index (Phi) is 8.31. The van der Waals surface area contributed by atoms with Crippen LogP contribution in [0.4, 0.5) is 10.1 Å². The van der Waals surface area contributed by atoms with E-state index in [4.69, 9.17) is 9.47 Å². The molecule has 1 N–H and O–H groups in total. The van der Waals surface area contributed by atoms with Gasteiger partial charge in [-0.1, -0.05) is 0 Å². The molecule has 1 aliphatic rings. The number of ether oxygens (including phenoxy) is 2. The summed E-state index contributed by atoms with van der Waals surface area (Å²) in [6, 6.07) is 10.4. The lowest BCUT2D eigenvalue weighted by Crippen LogP contribution is -2.40. The summed E-state index contributed by atoms with van der Waals surface area (Å²) in [5, 5.41) is 2.52. The molecule has 182 valence electrons. The maximum absolute atomic E-state index is 12.9. The Morgan fingerprint density at radius 1 is 1.06 bits per heavy atom. The second kappa shape index (κ2) is 11.2. The fourth-order valence-corrected chi connectivity index (χ4v) is 4.47. The van der Waals surface area contributed by atoms with Gasteiger partial charge in [0.1, 0.15) is 5.82 Å². The fraction of sp³-hybridized carbons (Fsp3) is 0.318. The number of carbonyl (C=O) groups is 3. The zero-order valence-electron chi connectivity index (χ0n) is 18.4. The molecule has 0 unspecified atom stereocenters. The molecule has 0 saturated carbocycles. The minimum Gasteiger partial charge on any atom is -0.452 e. The van der Waals surface area contributed by atoms with Crippen molar-refractivity contribution in [3.63, 3.8) is 0 Å². The second-order valence-corrected chi connectivity index (χ2v) is 9.36. The molecule has 1 heterocycles. The predicted molar refractivity (Wildman–Crippen MR) is 119 cm³/mol. The van der Waals surface area contributed by atoms with Crippen LogP contribution in [0, 0.1) is 5.82 Å². The summed E-state index contributed by atoms with van der Waals surface area (Å²) in [6.07, 6.45) is 0. The van der Waals surface area contributed by atoms with E-state index in [1.807, 2.05) is 0 Å². The van der Waals surface area contributed by atoms with Gasteiger partial charge in [-0.3, -0.25) is 9.59 Å². The number of nitrogens with one attached hydrogen (secondary N) is 1. The fourth-order valence-electron chi connectivity index (χ4n) is 3.06. The van der Waals surface area contributed by atoms with Crippen molar-refractivity contribution in [1.82, 2.24) is 9.21 Å². The topological polar surface area (TPSA) is 122 Å². The van der Waals surface area contributed by atoms with Gasteiger partial charge in [0.2, 0.25) is 15.9 Å². The molecule has 0 atom stereocenters. The first kappa shape index (κ1) is 25.3. The molecular weight excluding hydrogens is 469 g/mol. The highest BCUT2D eigenvalue weighted by atomic mass is 32.2. The first-order chi connectivity index (χ1) is 16.2. The van der Waals surface area contributed by atoms with Crippen molar-refractivity contribution < 1.29 is 36.7 Å². The van der Waals surface area contributed by atoms with Crippen LogP contribution in [-0.4, -0.2) is 81.9 Å². The normalized spacial score (nSPS) is 14.3. The first-order valence-electron chi connectivity index (χ1n) is 10.3. The molecule has 2 aromatic rings. The Hall–Kier alpha value is -3.35. The average molecular weight is 494 g/mol. The number of hydrogen-bond acceptors (Lipinski definition) is 7. The van der Waals surface area contributed by atoms with E-state index >= 15 is 0 Å². The highest BCUT2D eigenvalue weighted by Crippen LogP contribution is 2.18.